The largest absolute Gasteiger partial charge is 0.389 e. The molecular weight excluding hydrogens is 316 g/mol. The first-order valence-corrected chi connectivity index (χ1v) is 8.66. The Bertz CT molecular complexity index is 555. The van der Waals surface area contributed by atoms with Crippen LogP contribution in [0, 0.1) is 0 Å². The molecule has 23 heavy (non-hydrogen) atoms. The molecule has 1 amide bonds. The van der Waals surface area contributed by atoms with Crippen molar-refractivity contribution in [2.45, 2.75) is 44.1 Å². The van der Waals surface area contributed by atoms with E-state index >= 15 is 0 Å². The number of piperazine rings is 1. The van der Waals surface area contributed by atoms with E-state index in [0.29, 0.717) is 18.2 Å². The Morgan fingerprint density at radius 1 is 1.17 bits per heavy atom. The van der Waals surface area contributed by atoms with Gasteiger partial charge in [-0.1, -0.05) is 30.9 Å². The van der Waals surface area contributed by atoms with Crippen molar-refractivity contribution in [3.8, 4) is 0 Å². The van der Waals surface area contributed by atoms with Gasteiger partial charge in [0.05, 0.1) is 12.0 Å². The highest BCUT2D eigenvalue weighted by Gasteiger charge is 2.34. The minimum Gasteiger partial charge on any atom is -0.389 e. The van der Waals surface area contributed by atoms with Gasteiger partial charge in [-0.2, -0.15) is 0 Å². The van der Waals surface area contributed by atoms with E-state index in [4.69, 9.17) is 11.6 Å². The molecule has 1 aromatic rings. The maximum absolute atomic E-state index is 12.5. The average molecular weight is 339 g/mol. The Labute approximate surface area is 141 Å². The van der Waals surface area contributed by atoms with Crippen LogP contribution in [0.1, 0.15) is 38.5 Å². The predicted octanol–water partition coefficient (Wildman–Crippen LogP) is 1.86. The summed E-state index contributed by atoms with van der Waals surface area (Å²) in [5, 5.41) is 11.0. The third-order valence-corrected chi connectivity index (χ3v) is 5.05. The molecule has 126 valence electrons. The number of amides is 1. The molecule has 2 aliphatic rings. The zero-order valence-electron chi connectivity index (χ0n) is 13.2. The molecule has 1 aliphatic carbocycles. The van der Waals surface area contributed by atoms with Gasteiger partial charge in [-0.3, -0.25) is 4.79 Å². The fourth-order valence-electron chi connectivity index (χ4n) is 3.46. The SMILES string of the molecule is O=C(CC1(O)CCCCC1)N1CCN(c2cc(Cl)ncn2)CC1. The highest BCUT2D eigenvalue weighted by atomic mass is 35.5. The van der Waals surface area contributed by atoms with Crippen LogP contribution in [-0.2, 0) is 4.79 Å². The van der Waals surface area contributed by atoms with Crippen molar-refractivity contribution >= 4 is 23.3 Å². The average Bonchev–Trinajstić information content (AvgIpc) is 2.55. The molecule has 3 rings (SSSR count). The molecule has 1 saturated heterocycles. The summed E-state index contributed by atoms with van der Waals surface area (Å²) in [6.07, 6.45) is 6.41. The number of halogens is 1. The lowest BCUT2D eigenvalue weighted by Crippen LogP contribution is -2.50. The lowest BCUT2D eigenvalue weighted by atomic mass is 9.82. The Morgan fingerprint density at radius 2 is 1.87 bits per heavy atom. The van der Waals surface area contributed by atoms with Crippen LogP contribution in [-0.4, -0.2) is 57.7 Å². The van der Waals surface area contributed by atoms with Crippen LogP contribution < -0.4 is 4.90 Å². The van der Waals surface area contributed by atoms with Gasteiger partial charge < -0.3 is 14.9 Å². The Balaban J connectivity index is 1.53. The van der Waals surface area contributed by atoms with Crippen molar-refractivity contribution in [1.29, 1.82) is 0 Å². The number of hydrogen-bond acceptors (Lipinski definition) is 5. The maximum atomic E-state index is 12.5. The Kier molecular flexibility index (Phi) is 5.02. The summed E-state index contributed by atoms with van der Waals surface area (Å²) in [6, 6.07) is 1.74. The second-order valence-corrected chi connectivity index (χ2v) is 6.92. The minimum absolute atomic E-state index is 0.0646. The summed E-state index contributed by atoms with van der Waals surface area (Å²) in [4.78, 5) is 24.5. The van der Waals surface area contributed by atoms with Crippen LogP contribution >= 0.6 is 11.6 Å². The van der Waals surface area contributed by atoms with E-state index in [2.05, 4.69) is 14.9 Å². The molecule has 2 heterocycles. The fraction of sp³-hybridized carbons (Fsp3) is 0.688. The van der Waals surface area contributed by atoms with Gasteiger partial charge >= 0.3 is 0 Å². The molecule has 0 spiro atoms. The zero-order valence-corrected chi connectivity index (χ0v) is 14.0. The summed E-state index contributed by atoms with van der Waals surface area (Å²) >= 11 is 5.90. The second-order valence-electron chi connectivity index (χ2n) is 6.53. The zero-order chi connectivity index (χ0) is 16.3. The lowest BCUT2D eigenvalue weighted by molar-refractivity contribution is -0.138. The molecule has 0 aromatic carbocycles. The summed E-state index contributed by atoms with van der Waals surface area (Å²) in [5.74, 6) is 0.859. The van der Waals surface area contributed by atoms with Crippen LogP contribution in [0.25, 0.3) is 0 Å². The lowest BCUT2D eigenvalue weighted by Gasteiger charge is -2.38. The highest BCUT2D eigenvalue weighted by Crippen LogP contribution is 2.31. The van der Waals surface area contributed by atoms with Gasteiger partial charge in [0.2, 0.25) is 5.91 Å². The number of carbonyl (C=O) groups excluding carboxylic acids is 1. The van der Waals surface area contributed by atoms with E-state index in [0.717, 1.165) is 51.0 Å². The number of hydrogen-bond donors (Lipinski definition) is 1. The monoisotopic (exact) mass is 338 g/mol. The van der Waals surface area contributed by atoms with Gasteiger partial charge in [-0.05, 0) is 12.8 Å². The summed E-state index contributed by atoms with van der Waals surface area (Å²) in [7, 11) is 0. The standard InChI is InChI=1S/C16H23ClN4O2/c17-13-10-14(19-12-18-13)20-6-8-21(9-7-20)15(22)11-16(23)4-2-1-3-5-16/h10,12,23H,1-9,11H2. The molecule has 7 heteroatoms. The first-order chi connectivity index (χ1) is 11.1. The Hall–Kier alpha value is -1.40. The summed E-state index contributed by atoms with van der Waals surface area (Å²) in [5.41, 5.74) is -0.785. The van der Waals surface area contributed by atoms with Crippen molar-refractivity contribution in [2.75, 3.05) is 31.1 Å². The van der Waals surface area contributed by atoms with Crippen molar-refractivity contribution in [2.24, 2.45) is 0 Å². The van der Waals surface area contributed by atoms with Gasteiger partial charge in [-0.25, -0.2) is 9.97 Å². The van der Waals surface area contributed by atoms with Gasteiger partial charge in [0.1, 0.15) is 17.3 Å². The third-order valence-electron chi connectivity index (χ3n) is 4.84. The van der Waals surface area contributed by atoms with E-state index in [1.807, 2.05) is 4.90 Å². The first kappa shape index (κ1) is 16.5. The van der Waals surface area contributed by atoms with Gasteiger partial charge in [-0.15, -0.1) is 0 Å². The first-order valence-electron chi connectivity index (χ1n) is 8.28. The molecule has 0 bridgehead atoms. The molecule has 6 nitrogen and oxygen atoms in total. The summed E-state index contributed by atoms with van der Waals surface area (Å²) < 4.78 is 0. The molecule has 2 fully saturated rings. The van der Waals surface area contributed by atoms with Gasteiger partial charge in [0.15, 0.2) is 0 Å². The molecule has 0 unspecified atom stereocenters. The van der Waals surface area contributed by atoms with Gasteiger partial charge in [0.25, 0.3) is 0 Å². The normalized spacial score (nSPS) is 21.3. The number of carbonyl (C=O) groups is 1. The molecular formula is C16H23ClN4O2. The number of rotatable bonds is 3. The Morgan fingerprint density at radius 3 is 2.52 bits per heavy atom. The molecule has 0 atom stereocenters. The quantitative estimate of drug-likeness (QED) is 0.852. The minimum atomic E-state index is -0.785. The van der Waals surface area contributed by atoms with E-state index < -0.39 is 5.60 Å². The molecule has 1 aliphatic heterocycles. The highest BCUT2D eigenvalue weighted by molar-refractivity contribution is 6.29. The van der Waals surface area contributed by atoms with Crippen molar-refractivity contribution in [1.82, 2.24) is 14.9 Å². The third kappa shape index (κ3) is 4.12. The smallest absolute Gasteiger partial charge is 0.225 e. The van der Waals surface area contributed by atoms with Crippen LogP contribution in [0.3, 0.4) is 0 Å². The number of anilines is 1. The molecule has 1 saturated carbocycles. The molecule has 0 radical (unpaired) electrons. The topological polar surface area (TPSA) is 69.6 Å². The number of aromatic nitrogens is 2. The van der Waals surface area contributed by atoms with E-state index in [1.54, 1.807) is 6.07 Å². The van der Waals surface area contributed by atoms with E-state index in [9.17, 15) is 9.90 Å². The predicted molar refractivity (Wildman–Crippen MR) is 88.5 cm³/mol. The van der Waals surface area contributed by atoms with E-state index in [1.165, 1.54) is 6.33 Å². The van der Waals surface area contributed by atoms with Gasteiger partial charge in [0, 0.05) is 32.2 Å². The molecule has 1 aromatic heterocycles. The second kappa shape index (κ2) is 7.01. The van der Waals surface area contributed by atoms with E-state index in [-0.39, 0.29) is 12.3 Å². The van der Waals surface area contributed by atoms with Crippen LogP contribution in [0.2, 0.25) is 5.15 Å². The number of nitrogens with zero attached hydrogens (tertiary/aromatic N) is 4. The summed E-state index contributed by atoms with van der Waals surface area (Å²) in [6.45, 7) is 2.74. The van der Waals surface area contributed by atoms with Crippen LogP contribution in [0.15, 0.2) is 12.4 Å². The fourth-order valence-corrected chi connectivity index (χ4v) is 3.60. The molecule has 1 N–H and O–H groups in total. The van der Waals surface area contributed by atoms with Crippen LogP contribution in [0.4, 0.5) is 5.82 Å². The van der Waals surface area contributed by atoms with Crippen molar-refractivity contribution < 1.29 is 9.90 Å². The van der Waals surface area contributed by atoms with Crippen molar-refractivity contribution in [3.63, 3.8) is 0 Å². The maximum Gasteiger partial charge on any atom is 0.225 e. The number of aliphatic hydroxyl groups is 1. The van der Waals surface area contributed by atoms with Crippen LogP contribution in [0.5, 0.6) is 0 Å². The van der Waals surface area contributed by atoms with Crippen molar-refractivity contribution in [3.05, 3.63) is 17.5 Å².